The lowest BCUT2D eigenvalue weighted by molar-refractivity contribution is 0.439. The predicted molar refractivity (Wildman–Crippen MR) is 54.9 cm³/mol. The second-order valence-electron chi connectivity index (χ2n) is 4.64. The summed E-state index contributed by atoms with van der Waals surface area (Å²) in [6.45, 7) is 0. The molecule has 0 aliphatic heterocycles. The molecule has 0 saturated heterocycles. The minimum absolute atomic E-state index is 0.622. The van der Waals surface area contributed by atoms with Gasteiger partial charge < -0.3 is 0 Å². The highest BCUT2D eigenvalue weighted by Crippen LogP contribution is 2.49. The molecule has 0 amide bonds. The lowest BCUT2D eigenvalue weighted by Gasteiger charge is -2.23. The molecular formula is C13H16. The SMILES string of the molecule is c1ccc2c(c1)CCC21CCCC1. The van der Waals surface area contributed by atoms with Crippen molar-refractivity contribution in [3.8, 4) is 0 Å². The van der Waals surface area contributed by atoms with Gasteiger partial charge in [0.1, 0.15) is 0 Å². The van der Waals surface area contributed by atoms with E-state index < -0.39 is 0 Å². The maximum absolute atomic E-state index is 2.37. The fourth-order valence-corrected chi connectivity index (χ4v) is 3.34. The highest BCUT2D eigenvalue weighted by molar-refractivity contribution is 5.39. The molecule has 1 aromatic carbocycles. The third kappa shape index (κ3) is 0.979. The Kier molecular flexibility index (Phi) is 1.52. The van der Waals surface area contributed by atoms with Gasteiger partial charge in [-0.05, 0) is 42.2 Å². The summed E-state index contributed by atoms with van der Waals surface area (Å²) in [4.78, 5) is 0. The monoisotopic (exact) mass is 172 g/mol. The van der Waals surface area contributed by atoms with Crippen LogP contribution in [0.15, 0.2) is 24.3 Å². The molecule has 68 valence electrons. The number of rotatable bonds is 0. The Hall–Kier alpha value is -0.780. The van der Waals surface area contributed by atoms with Crippen LogP contribution < -0.4 is 0 Å². The molecule has 2 aliphatic carbocycles. The van der Waals surface area contributed by atoms with Crippen LogP contribution in [0, 0.1) is 0 Å². The first-order chi connectivity index (χ1) is 6.41. The van der Waals surface area contributed by atoms with Crippen LogP contribution in [0.4, 0.5) is 0 Å². The first-order valence-corrected chi connectivity index (χ1v) is 5.49. The van der Waals surface area contributed by atoms with Crippen molar-refractivity contribution >= 4 is 0 Å². The van der Waals surface area contributed by atoms with Gasteiger partial charge in [0.2, 0.25) is 0 Å². The van der Waals surface area contributed by atoms with Crippen LogP contribution in [-0.4, -0.2) is 0 Å². The fourth-order valence-electron chi connectivity index (χ4n) is 3.34. The summed E-state index contributed by atoms with van der Waals surface area (Å²) in [6.07, 6.45) is 8.55. The number of hydrogen-bond acceptors (Lipinski definition) is 0. The lowest BCUT2D eigenvalue weighted by Crippen LogP contribution is -2.17. The second-order valence-corrected chi connectivity index (χ2v) is 4.64. The van der Waals surface area contributed by atoms with Gasteiger partial charge >= 0.3 is 0 Å². The molecule has 0 radical (unpaired) electrons. The molecule has 1 spiro atoms. The van der Waals surface area contributed by atoms with E-state index in [0.717, 1.165) is 0 Å². The van der Waals surface area contributed by atoms with Gasteiger partial charge in [-0.25, -0.2) is 0 Å². The minimum Gasteiger partial charge on any atom is -0.0620 e. The quantitative estimate of drug-likeness (QED) is 0.562. The molecule has 0 unspecified atom stereocenters. The van der Waals surface area contributed by atoms with E-state index in [1.54, 1.807) is 11.1 Å². The molecule has 1 saturated carbocycles. The van der Waals surface area contributed by atoms with Crippen molar-refractivity contribution in [1.82, 2.24) is 0 Å². The third-order valence-electron chi connectivity index (χ3n) is 4.02. The predicted octanol–water partition coefficient (Wildman–Crippen LogP) is 3.44. The molecule has 2 aliphatic rings. The van der Waals surface area contributed by atoms with Crippen molar-refractivity contribution < 1.29 is 0 Å². The van der Waals surface area contributed by atoms with Crippen molar-refractivity contribution in [3.05, 3.63) is 35.4 Å². The Morgan fingerprint density at radius 3 is 2.54 bits per heavy atom. The Bertz CT molecular complexity index is 319. The minimum atomic E-state index is 0.622. The maximum atomic E-state index is 2.37. The zero-order valence-electron chi connectivity index (χ0n) is 8.05. The van der Waals surface area contributed by atoms with Gasteiger partial charge in [-0.3, -0.25) is 0 Å². The van der Waals surface area contributed by atoms with E-state index in [9.17, 15) is 0 Å². The average molecular weight is 172 g/mol. The highest BCUT2D eigenvalue weighted by atomic mass is 14.4. The molecule has 0 N–H and O–H groups in total. The first kappa shape index (κ1) is 7.61. The van der Waals surface area contributed by atoms with E-state index >= 15 is 0 Å². The van der Waals surface area contributed by atoms with E-state index in [1.807, 2.05) is 0 Å². The zero-order valence-corrected chi connectivity index (χ0v) is 8.05. The molecule has 0 aromatic heterocycles. The number of aryl methyl sites for hydroxylation is 1. The van der Waals surface area contributed by atoms with E-state index in [1.165, 1.54) is 38.5 Å². The lowest BCUT2D eigenvalue weighted by atomic mass is 9.80. The highest BCUT2D eigenvalue weighted by Gasteiger charge is 2.40. The summed E-state index contributed by atoms with van der Waals surface area (Å²) in [5.41, 5.74) is 3.94. The van der Waals surface area contributed by atoms with E-state index in [2.05, 4.69) is 24.3 Å². The molecule has 0 nitrogen and oxygen atoms in total. The molecule has 0 heteroatoms. The van der Waals surface area contributed by atoms with Crippen molar-refractivity contribution in [3.63, 3.8) is 0 Å². The zero-order chi connectivity index (χ0) is 8.73. The Morgan fingerprint density at radius 2 is 1.69 bits per heavy atom. The number of benzene rings is 1. The molecular weight excluding hydrogens is 156 g/mol. The van der Waals surface area contributed by atoms with Crippen molar-refractivity contribution in [1.29, 1.82) is 0 Å². The Labute approximate surface area is 80.0 Å². The maximum Gasteiger partial charge on any atom is -0.00411 e. The number of fused-ring (bicyclic) bond motifs is 2. The van der Waals surface area contributed by atoms with Gasteiger partial charge in [0.05, 0.1) is 0 Å². The smallest absolute Gasteiger partial charge is 0.00411 e. The second kappa shape index (κ2) is 2.60. The largest absolute Gasteiger partial charge is 0.0620 e. The van der Waals surface area contributed by atoms with E-state index in [0.29, 0.717) is 5.41 Å². The molecule has 1 aromatic rings. The third-order valence-corrected chi connectivity index (χ3v) is 4.02. The summed E-state index contributed by atoms with van der Waals surface area (Å²) in [5.74, 6) is 0. The van der Waals surface area contributed by atoms with Crippen LogP contribution in [0.3, 0.4) is 0 Å². The summed E-state index contributed by atoms with van der Waals surface area (Å²) in [6, 6.07) is 9.09. The normalized spacial score (nSPS) is 23.7. The summed E-state index contributed by atoms with van der Waals surface area (Å²) < 4.78 is 0. The average Bonchev–Trinajstić information content (AvgIpc) is 2.78. The van der Waals surface area contributed by atoms with Crippen molar-refractivity contribution in [2.24, 2.45) is 0 Å². The van der Waals surface area contributed by atoms with Crippen LogP contribution in [0.1, 0.15) is 43.2 Å². The van der Waals surface area contributed by atoms with E-state index in [-0.39, 0.29) is 0 Å². The molecule has 1 fully saturated rings. The fraction of sp³-hybridized carbons (Fsp3) is 0.538. The van der Waals surface area contributed by atoms with Gasteiger partial charge in [0.15, 0.2) is 0 Å². The van der Waals surface area contributed by atoms with Crippen LogP contribution >= 0.6 is 0 Å². The van der Waals surface area contributed by atoms with Crippen LogP contribution in [-0.2, 0) is 11.8 Å². The topological polar surface area (TPSA) is 0 Å². The van der Waals surface area contributed by atoms with Gasteiger partial charge in [0, 0.05) is 0 Å². The van der Waals surface area contributed by atoms with Gasteiger partial charge in [0.25, 0.3) is 0 Å². The van der Waals surface area contributed by atoms with Crippen molar-refractivity contribution in [2.45, 2.75) is 43.9 Å². The molecule has 0 bridgehead atoms. The van der Waals surface area contributed by atoms with Crippen molar-refractivity contribution in [2.75, 3.05) is 0 Å². The van der Waals surface area contributed by atoms with Gasteiger partial charge in [-0.1, -0.05) is 37.1 Å². The van der Waals surface area contributed by atoms with Crippen LogP contribution in [0.5, 0.6) is 0 Å². The molecule has 13 heavy (non-hydrogen) atoms. The Morgan fingerprint density at radius 1 is 0.923 bits per heavy atom. The Balaban J connectivity index is 2.11. The number of hydrogen-bond donors (Lipinski definition) is 0. The van der Waals surface area contributed by atoms with Crippen LogP contribution in [0.25, 0.3) is 0 Å². The summed E-state index contributed by atoms with van der Waals surface area (Å²) >= 11 is 0. The van der Waals surface area contributed by atoms with Gasteiger partial charge in [-0.15, -0.1) is 0 Å². The standard InChI is InChI=1S/C13H16/c1-2-6-12-11(5-1)7-10-13(12)8-3-4-9-13/h1-2,5-6H,3-4,7-10H2. The van der Waals surface area contributed by atoms with Crippen LogP contribution in [0.2, 0.25) is 0 Å². The molecule has 0 heterocycles. The van der Waals surface area contributed by atoms with E-state index in [4.69, 9.17) is 0 Å². The summed E-state index contributed by atoms with van der Waals surface area (Å²) in [7, 11) is 0. The molecule has 3 rings (SSSR count). The summed E-state index contributed by atoms with van der Waals surface area (Å²) in [5, 5.41) is 0. The van der Waals surface area contributed by atoms with Gasteiger partial charge in [-0.2, -0.15) is 0 Å². The first-order valence-electron chi connectivity index (χ1n) is 5.49. The molecule has 0 atom stereocenters.